The predicted octanol–water partition coefficient (Wildman–Crippen LogP) is 4.30. The van der Waals surface area contributed by atoms with Gasteiger partial charge in [-0.05, 0) is 48.0 Å². The van der Waals surface area contributed by atoms with Crippen LogP contribution in [0, 0.1) is 6.92 Å². The molecule has 0 unspecified atom stereocenters. The Morgan fingerprint density at radius 3 is 2.44 bits per heavy atom. The average Bonchev–Trinajstić information content (AvgIpc) is 2.83. The van der Waals surface area contributed by atoms with E-state index in [1.54, 1.807) is 6.08 Å². The lowest BCUT2D eigenvalue weighted by Crippen LogP contribution is -2.27. The van der Waals surface area contributed by atoms with Crippen molar-refractivity contribution in [2.24, 2.45) is 0 Å². The first-order chi connectivity index (χ1) is 11.9. The largest absolute Gasteiger partial charge is 0.378 e. The van der Waals surface area contributed by atoms with Crippen LogP contribution in [0.4, 0.5) is 10.5 Å². The maximum Gasteiger partial charge on any atom is 0.293 e. The SMILES string of the molecule is Cc1cccc(CN2C(=O)S/C(=C\c3ccc(N(C)C)cc3)C2=O)c1. The van der Waals surface area contributed by atoms with Crippen LogP contribution in [0.1, 0.15) is 16.7 Å². The molecule has 0 aromatic heterocycles. The molecule has 2 aromatic rings. The van der Waals surface area contributed by atoms with Crippen LogP contribution in [0.3, 0.4) is 0 Å². The fourth-order valence-corrected chi connectivity index (χ4v) is 3.49. The van der Waals surface area contributed by atoms with Crippen molar-refractivity contribution in [1.29, 1.82) is 0 Å². The van der Waals surface area contributed by atoms with Gasteiger partial charge in [-0.1, -0.05) is 42.0 Å². The number of anilines is 1. The first-order valence-electron chi connectivity index (χ1n) is 8.02. The van der Waals surface area contributed by atoms with Crippen LogP contribution in [0.25, 0.3) is 6.08 Å². The Bertz CT molecular complexity index is 841. The summed E-state index contributed by atoms with van der Waals surface area (Å²) in [5.41, 5.74) is 4.07. The summed E-state index contributed by atoms with van der Waals surface area (Å²) >= 11 is 0.999. The standard InChI is InChI=1S/C20H20N2O2S/c1-14-5-4-6-16(11-14)13-22-19(23)18(25-20(22)24)12-15-7-9-17(10-8-15)21(2)3/h4-12H,13H2,1-3H3/b18-12-. The molecule has 1 saturated heterocycles. The summed E-state index contributed by atoms with van der Waals surface area (Å²) in [5, 5.41) is -0.220. The molecule has 1 aliphatic heterocycles. The molecule has 1 aliphatic rings. The van der Waals surface area contributed by atoms with Crippen LogP contribution in [0.15, 0.2) is 53.4 Å². The van der Waals surface area contributed by atoms with Crippen molar-refractivity contribution in [3.8, 4) is 0 Å². The fraction of sp³-hybridized carbons (Fsp3) is 0.200. The lowest BCUT2D eigenvalue weighted by atomic mass is 10.1. The highest BCUT2D eigenvalue weighted by Crippen LogP contribution is 2.33. The summed E-state index contributed by atoms with van der Waals surface area (Å²) < 4.78 is 0. The highest BCUT2D eigenvalue weighted by atomic mass is 32.2. The molecular formula is C20H20N2O2S. The summed E-state index contributed by atoms with van der Waals surface area (Å²) in [5.74, 6) is -0.229. The molecule has 0 bridgehead atoms. The monoisotopic (exact) mass is 352 g/mol. The second-order valence-electron chi connectivity index (χ2n) is 6.24. The Hall–Kier alpha value is -2.53. The van der Waals surface area contributed by atoms with E-state index in [0.29, 0.717) is 11.4 Å². The number of carbonyl (C=O) groups is 2. The van der Waals surface area contributed by atoms with Crippen molar-refractivity contribution in [2.45, 2.75) is 13.5 Å². The van der Waals surface area contributed by atoms with Gasteiger partial charge in [-0.25, -0.2) is 0 Å². The second-order valence-corrected chi connectivity index (χ2v) is 7.24. The van der Waals surface area contributed by atoms with Crippen molar-refractivity contribution in [2.75, 3.05) is 19.0 Å². The van der Waals surface area contributed by atoms with E-state index in [0.717, 1.165) is 34.1 Å². The van der Waals surface area contributed by atoms with E-state index in [2.05, 4.69) is 0 Å². The molecule has 4 nitrogen and oxygen atoms in total. The summed E-state index contributed by atoms with van der Waals surface area (Å²) in [6.45, 7) is 2.30. The lowest BCUT2D eigenvalue weighted by molar-refractivity contribution is -0.123. The summed E-state index contributed by atoms with van der Waals surface area (Å²) in [4.78, 5) is 28.6. The average molecular weight is 352 g/mol. The summed E-state index contributed by atoms with van der Waals surface area (Å²) in [6, 6.07) is 15.7. The molecule has 0 spiro atoms. The summed E-state index contributed by atoms with van der Waals surface area (Å²) in [7, 11) is 3.96. The normalized spacial score (nSPS) is 16.0. The zero-order valence-corrected chi connectivity index (χ0v) is 15.3. The smallest absolute Gasteiger partial charge is 0.293 e. The highest BCUT2D eigenvalue weighted by molar-refractivity contribution is 8.18. The molecule has 5 heteroatoms. The van der Waals surface area contributed by atoms with Crippen LogP contribution in [0.2, 0.25) is 0 Å². The minimum Gasteiger partial charge on any atom is -0.378 e. The number of thioether (sulfide) groups is 1. The van der Waals surface area contributed by atoms with E-state index in [9.17, 15) is 9.59 Å². The second kappa shape index (κ2) is 7.15. The van der Waals surface area contributed by atoms with E-state index >= 15 is 0 Å². The molecule has 128 valence electrons. The number of amides is 2. The molecule has 3 rings (SSSR count). The molecule has 0 N–H and O–H groups in total. The van der Waals surface area contributed by atoms with Crippen LogP contribution in [-0.4, -0.2) is 30.1 Å². The number of nitrogens with zero attached hydrogens (tertiary/aromatic N) is 2. The minimum atomic E-state index is -0.229. The Morgan fingerprint density at radius 2 is 1.80 bits per heavy atom. The van der Waals surface area contributed by atoms with Gasteiger partial charge in [-0.15, -0.1) is 0 Å². The third kappa shape index (κ3) is 3.94. The number of imide groups is 1. The third-order valence-corrected chi connectivity index (χ3v) is 4.91. The van der Waals surface area contributed by atoms with Gasteiger partial charge in [0.2, 0.25) is 0 Å². The van der Waals surface area contributed by atoms with Gasteiger partial charge in [0.15, 0.2) is 0 Å². The Morgan fingerprint density at radius 1 is 1.08 bits per heavy atom. The van der Waals surface area contributed by atoms with Crippen LogP contribution >= 0.6 is 11.8 Å². The van der Waals surface area contributed by atoms with E-state index in [-0.39, 0.29) is 11.1 Å². The molecule has 2 aromatic carbocycles. The van der Waals surface area contributed by atoms with Crippen molar-refractivity contribution in [3.05, 3.63) is 70.1 Å². The van der Waals surface area contributed by atoms with Crippen molar-refractivity contribution >= 4 is 34.7 Å². The van der Waals surface area contributed by atoms with Gasteiger partial charge in [0.25, 0.3) is 11.1 Å². The summed E-state index contributed by atoms with van der Waals surface area (Å²) in [6.07, 6.45) is 1.78. The van der Waals surface area contributed by atoms with Gasteiger partial charge in [0.05, 0.1) is 11.4 Å². The molecule has 25 heavy (non-hydrogen) atoms. The maximum atomic E-state index is 12.6. The predicted molar refractivity (Wildman–Crippen MR) is 103 cm³/mol. The van der Waals surface area contributed by atoms with E-state index in [1.165, 1.54) is 4.90 Å². The Balaban J connectivity index is 1.78. The quantitative estimate of drug-likeness (QED) is 0.770. The van der Waals surface area contributed by atoms with Crippen molar-refractivity contribution in [3.63, 3.8) is 0 Å². The highest BCUT2D eigenvalue weighted by Gasteiger charge is 2.34. The maximum absolute atomic E-state index is 12.6. The van der Waals surface area contributed by atoms with Gasteiger partial charge in [0, 0.05) is 19.8 Å². The van der Waals surface area contributed by atoms with Gasteiger partial charge in [-0.2, -0.15) is 0 Å². The number of aryl methyl sites for hydroxylation is 1. The van der Waals surface area contributed by atoms with E-state index in [4.69, 9.17) is 0 Å². The number of benzene rings is 2. The van der Waals surface area contributed by atoms with Crippen molar-refractivity contribution in [1.82, 2.24) is 4.90 Å². The minimum absolute atomic E-state index is 0.220. The van der Waals surface area contributed by atoms with Crippen LogP contribution < -0.4 is 4.90 Å². The Labute approximate surface area is 152 Å². The van der Waals surface area contributed by atoms with E-state index < -0.39 is 0 Å². The van der Waals surface area contributed by atoms with E-state index in [1.807, 2.05) is 74.4 Å². The Kier molecular flexibility index (Phi) is 4.95. The molecule has 0 saturated carbocycles. The molecule has 0 atom stereocenters. The number of hydrogen-bond acceptors (Lipinski definition) is 4. The van der Waals surface area contributed by atoms with Gasteiger partial charge in [-0.3, -0.25) is 14.5 Å². The lowest BCUT2D eigenvalue weighted by Gasteiger charge is -2.13. The molecule has 0 aliphatic carbocycles. The number of carbonyl (C=O) groups excluding carboxylic acids is 2. The third-order valence-electron chi connectivity index (χ3n) is 4.00. The first-order valence-corrected chi connectivity index (χ1v) is 8.84. The van der Waals surface area contributed by atoms with Gasteiger partial charge in [0.1, 0.15) is 0 Å². The number of hydrogen-bond donors (Lipinski definition) is 0. The molecular weight excluding hydrogens is 332 g/mol. The molecule has 0 radical (unpaired) electrons. The molecule has 1 fully saturated rings. The molecule has 2 amide bonds. The van der Waals surface area contributed by atoms with Gasteiger partial charge < -0.3 is 4.90 Å². The zero-order chi connectivity index (χ0) is 18.0. The van der Waals surface area contributed by atoms with Gasteiger partial charge >= 0.3 is 0 Å². The zero-order valence-electron chi connectivity index (χ0n) is 14.5. The number of rotatable bonds is 4. The first kappa shape index (κ1) is 17.3. The topological polar surface area (TPSA) is 40.6 Å². The van der Waals surface area contributed by atoms with Crippen molar-refractivity contribution < 1.29 is 9.59 Å². The molecule has 1 heterocycles. The fourth-order valence-electron chi connectivity index (χ4n) is 2.65. The van der Waals surface area contributed by atoms with Crippen LogP contribution in [-0.2, 0) is 11.3 Å². The van der Waals surface area contributed by atoms with Crippen LogP contribution in [0.5, 0.6) is 0 Å².